The highest BCUT2D eigenvalue weighted by atomic mass is 16.5. The van der Waals surface area contributed by atoms with Crippen LogP contribution in [0.4, 0.5) is 5.82 Å². The number of carbonyl (C=O) groups excluding carboxylic acids is 1. The van der Waals surface area contributed by atoms with E-state index < -0.39 is 5.91 Å². The molecule has 0 bridgehead atoms. The van der Waals surface area contributed by atoms with Gasteiger partial charge in [-0.05, 0) is 75.2 Å². The minimum Gasteiger partial charge on any atom is -0.494 e. The highest BCUT2D eigenvalue weighted by molar-refractivity contribution is 5.91. The molecule has 0 spiro atoms. The number of aromatic amines is 1. The second-order valence-electron chi connectivity index (χ2n) is 8.78. The van der Waals surface area contributed by atoms with Crippen LogP contribution in [0, 0.1) is 20.8 Å². The van der Waals surface area contributed by atoms with Gasteiger partial charge in [0, 0.05) is 6.07 Å². The summed E-state index contributed by atoms with van der Waals surface area (Å²) >= 11 is 0. The van der Waals surface area contributed by atoms with Gasteiger partial charge in [-0.2, -0.15) is 19.9 Å². The molecule has 2 aromatic carbocycles. The van der Waals surface area contributed by atoms with Gasteiger partial charge in [0.1, 0.15) is 22.7 Å². The van der Waals surface area contributed by atoms with Crippen molar-refractivity contribution in [2.24, 2.45) is 0 Å². The van der Waals surface area contributed by atoms with Gasteiger partial charge in [0.05, 0.1) is 24.2 Å². The van der Waals surface area contributed by atoms with Crippen molar-refractivity contribution in [3.8, 4) is 23.1 Å². The van der Waals surface area contributed by atoms with Crippen LogP contribution < -0.4 is 20.3 Å². The van der Waals surface area contributed by atoms with E-state index in [9.17, 15) is 9.59 Å². The first-order chi connectivity index (χ1) is 18.3. The molecule has 0 radical (unpaired) electrons. The Morgan fingerprint density at radius 3 is 2.42 bits per heavy atom. The number of nitrogens with zero attached hydrogens (tertiary/aromatic N) is 5. The van der Waals surface area contributed by atoms with Crippen molar-refractivity contribution in [2.45, 2.75) is 27.7 Å². The van der Waals surface area contributed by atoms with Crippen LogP contribution in [0.1, 0.15) is 23.7 Å². The Morgan fingerprint density at radius 1 is 0.974 bits per heavy atom. The van der Waals surface area contributed by atoms with Crippen LogP contribution in [0.3, 0.4) is 0 Å². The average Bonchev–Trinajstić information content (AvgIpc) is 3.49. The Kier molecular flexibility index (Phi) is 6.65. The van der Waals surface area contributed by atoms with Crippen LogP contribution in [0.2, 0.25) is 0 Å². The fourth-order valence-corrected chi connectivity index (χ4v) is 3.93. The predicted octanol–water partition coefficient (Wildman–Crippen LogP) is 3.64. The van der Waals surface area contributed by atoms with Gasteiger partial charge in [0.15, 0.2) is 12.3 Å². The lowest BCUT2D eigenvalue weighted by Crippen LogP contribution is -2.23. The number of aryl methyl sites for hydroxylation is 3. The number of ether oxygens (including phenoxy) is 2. The van der Waals surface area contributed by atoms with Crippen molar-refractivity contribution in [1.29, 1.82) is 0 Å². The maximum Gasteiger partial charge on any atom is 0.263 e. The largest absolute Gasteiger partial charge is 0.494 e. The number of carbonyl (C=O) groups is 1. The van der Waals surface area contributed by atoms with Crippen LogP contribution in [-0.2, 0) is 4.79 Å². The molecular formula is C27H27N7O4. The number of nitrogens with one attached hydrogen (secondary N) is 2. The topological polar surface area (TPSA) is 129 Å². The first-order valence-corrected chi connectivity index (χ1v) is 12.1. The lowest BCUT2D eigenvalue weighted by molar-refractivity contribution is -0.118. The van der Waals surface area contributed by atoms with Crippen molar-refractivity contribution in [3.05, 3.63) is 81.9 Å². The van der Waals surface area contributed by atoms with Crippen molar-refractivity contribution >= 4 is 22.8 Å². The molecule has 0 saturated heterocycles. The fourth-order valence-electron chi connectivity index (χ4n) is 3.93. The maximum absolute atomic E-state index is 12.9. The SMILES string of the molecule is CCOc1ccc(OCC(=O)Nc2cc(C)nn2-c2nc3c(cnn3-c3ccc(C)c(C)c3)c(=O)[nH]2)cc1. The highest BCUT2D eigenvalue weighted by Gasteiger charge is 2.17. The van der Waals surface area contributed by atoms with E-state index in [1.54, 1.807) is 41.9 Å². The summed E-state index contributed by atoms with van der Waals surface area (Å²) in [5.41, 5.74) is 3.65. The van der Waals surface area contributed by atoms with Gasteiger partial charge in [-0.25, -0.2) is 4.68 Å². The molecule has 0 aliphatic rings. The normalized spacial score (nSPS) is 11.1. The summed E-state index contributed by atoms with van der Waals surface area (Å²) in [5.74, 6) is 1.33. The molecule has 2 N–H and O–H groups in total. The van der Waals surface area contributed by atoms with Crippen LogP contribution in [0.5, 0.6) is 11.5 Å². The zero-order valence-corrected chi connectivity index (χ0v) is 21.5. The second-order valence-corrected chi connectivity index (χ2v) is 8.78. The van der Waals surface area contributed by atoms with E-state index >= 15 is 0 Å². The van der Waals surface area contributed by atoms with Gasteiger partial charge < -0.3 is 14.8 Å². The Hall–Kier alpha value is -4.93. The number of amides is 1. The molecule has 3 heterocycles. The van der Waals surface area contributed by atoms with E-state index in [1.165, 1.54) is 10.9 Å². The van der Waals surface area contributed by atoms with Gasteiger partial charge in [0.2, 0.25) is 5.95 Å². The monoisotopic (exact) mass is 513 g/mol. The smallest absolute Gasteiger partial charge is 0.263 e. The summed E-state index contributed by atoms with van der Waals surface area (Å²) in [6.07, 6.45) is 1.48. The van der Waals surface area contributed by atoms with Crippen LogP contribution in [-0.4, -0.2) is 48.6 Å². The summed E-state index contributed by atoms with van der Waals surface area (Å²) in [5, 5.41) is 11.9. The number of aromatic nitrogens is 6. The van der Waals surface area contributed by atoms with E-state index in [4.69, 9.17) is 9.47 Å². The molecule has 3 aromatic heterocycles. The molecule has 38 heavy (non-hydrogen) atoms. The minimum atomic E-state index is -0.399. The van der Waals surface area contributed by atoms with Gasteiger partial charge >= 0.3 is 0 Å². The maximum atomic E-state index is 12.9. The van der Waals surface area contributed by atoms with E-state index in [1.807, 2.05) is 39.0 Å². The van der Waals surface area contributed by atoms with Crippen molar-refractivity contribution < 1.29 is 14.3 Å². The molecule has 0 aliphatic carbocycles. The summed E-state index contributed by atoms with van der Waals surface area (Å²) in [7, 11) is 0. The number of benzene rings is 2. The molecular weight excluding hydrogens is 486 g/mol. The summed E-state index contributed by atoms with van der Waals surface area (Å²) in [6.45, 7) is 8.07. The number of fused-ring (bicyclic) bond motifs is 1. The molecule has 1 amide bonds. The number of H-pyrrole nitrogens is 1. The van der Waals surface area contributed by atoms with Crippen LogP contribution in [0.15, 0.2) is 59.5 Å². The van der Waals surface area contributed by atoms with Gasteiger partial charge in [-0.15, -0.1) is 0 Å². The lowest BCUT2D eigenvalue weighted by atomic mass is 10.1. The van der Waals surface area contributed by atoms with Crippen LogP contribution in [0.25, 0.3) is 22.7 Å². The van der Waals surface area contributed by atoms with E-state index in [-0.39, 0.29) is 18.1 Å². The van der Waals surface area contributed by atoms with E-state index in [2.05, 4.69) is 25.5 Å². The van der Waals surface area contributed by atoms with Gasteiger partial charge in [0.25, 0.3) is 11.5 Å². The Labute approximate surface area is 218 Å². The Balaban J connectivity index is 1.40. The zero-order valence-electron chi connectivity index (χ0n) is 21.5. The number of hydrogen-bond acceptors (Lipinski definition) is 7. The lowest BCUT2D eigenvalue weighted by Gasteiger charge is -2.10. The Bertz CT molecular complexity index is 1680. The summed E-state index contributed by atoms with van der Waals surface area (Å²) in [6, 6.07) is 14.6. The third-order valence-electron chi connectivity index (χ3n) is 5.96. The predicted molar refractivity (Wildman–Crippen MR) is 143 cm³/mol. The quantitative estimate of drug-likeness (QED) is 0.324. The minimum absolute atomic E-state index is 0.143. The molecule has 11 heteroatoms. The molecule has 5 rings (SSSR count). The van der Waals surface area contributed by atoms with Crippen LogP contribution >= 0.6 is 0 Å². The fraction of sp³-hybridized carbons (Fsp3) is 0.222. The molecule has 0 saturated carbocycles. The molecule has 0 unspecified atom stereocenters. The summed E-state index contributed by atoms with van der Waals surface area (Å²) < 4.78 is 14.0. The average molecular weight is 514 g/mol. The number of anilines is 1. The van der Waals surface area contributed by atoms with Crippen molar-refractivity contribution in [2.75, 3.05) is 18.5 Å². The van der Waals surface area contributed by atoms with E-state index in [0.717, 1.165) is 22.6 Å². The van der Waals surface area contributed by atoms with Crippen molar-refractivity contribution in [3.63, 3.8) is 0 Å². The highest BCUT2D eigenvalue weighted by Crippen LogP contribution is 2.20. The molecule has 194 valence electrons. The first kappa shape index (κ1) is 24.8. The third-order valence-corrected chi connectivity index (χ3v) is 5.96. The number of hydrogen-bond donors (Lipinski definition) is 2. The first-order valence-electron chi connectivity index (χ1n) is 12.1. The molecule has 0 fully saturated rings. The van der Waals surface area contributed by atoms with E-state index in [0.29, 0.717) is 34.9 Å². The van der Waals surface area contributed by atoms with Crippen molar-refractivity contribution in [1.82, 2.24) is 29.5 Å². The molecule has 0 atom stereocenters. The number of rotatable bonds is 8. The summed E-state index contributed by atoms with van der Waals surface area (Å²) in [4.78, 5) is 33.0. The molecule has 5 aromatic rings. The zero-order chi connectivity index (χ0) is 26.8. The molecule has 11 nitrogen and oxygen atoms in total. The third kappa shape index (κ3) is 4.99. The van der Waals surface area contributed by atoms with Gasteiger partial charge in [-0.3, -0.25) is 14.6 Å². The Morgan fingerprint density at radius 2 is 1.71 bits per heavy atom. The van der Waals surface area contributed by atoms with Gasteiger partial charge in [-0.1, -0.05) is 6.07 Å². The second kappa shape index (κ2) is 10.2. The molecule has 0 aliphatic heterocycles. The standard InChI is InChI=1S/C27H27N7O4/c1-5-37-20-8-10-21(11-9-20)38-15-24(35)29-23-13-18(4)32-34(23)27-30-25-22(26(36)31-27)14-28-33(25)19-7-6-16(2)17(3)12-19/h6-14H,5,15H2,1-4H3,(H,29,35)(H,30,31,36).